The third-order valence-electron chi connectivity index (χ3n) is 2.03. The Morgan fingerprint density at radius 2 is 2.26 bits per heavy atom. The Hall–Kier alpha value is -2.56. The molecule has 0 aromatic carbocycles. The summed E-state index contributed by atoms with van der Waals surface area (Å²) in [5.41, 5.74) is 0.491. The second-order valence-corrected chi connectivity index (χ2v) is 3.59. The first-order valence-corrected chi connectivity index (χ1v) is 5.64. The molecule has 0 aliphatic rings. The van der Waals surface area contributed by atoms with Gasteiger partial charge in [-0.3, -0.25) is 4.79 Å². The summed E-state index contributed by atoms with van der Waals surface area (Å²) in [6.45, 7) is 2.14. The number of carboxylic acids is 1. The van der Waals surface area contributed by atoms with Crippen LogP contribution in [0.5, 0.6) is 0 Å². The van der Waals surface area contributed by atoms with Crippen molar-refractivity contribution in [2.75, 3.05) is 6.54 Å². The average molecular weight is 265 g/mol. The summed E-state index contributed by atoms with van der Waals surface area (Å²) in [5, 5.41) is 21.1. The number of carbonyl (C=O) groups is 2. The van der Waals surface area contributed by atoms with Crippen LogP contribution in [0, 0.1) is 11.8 Å². The minimum absolute atomic E-state index is 0.185. The number of nitrogens with zero attached hydrogens (tertiary/aromatic N) is 3. The molecule has 0 spiro atoms. The number of aromatic nitrogens is 3. The van der Waals surface area contributed by atoms with Crippen molar-refractivity contribution in [2.45, 2.75) is 26.4 Å². The van der Waals surface area contributed by atoms with E-state index in [2.05, 4.69) is 32.8 Å². The van der Waals surface area contributed by atoms with E-state index in [1.54, 1.807) is 6.92 Å². The number of hydrogen-bond donors (Lipinski definition) is 3. The Bertz CT molecular complexity index is 500. The van der Waals surface area contributed by atoms with Gasteiger partial charge < -0.3 is 15.7 Å². The maximum absolute atomic E-state index is 11.3. The molecule has 0 bridgehead atoms. The highest BCUT2D eigenvalue weighted by atomic mass is 16.4. The third-order valence-corrected chi connectivity index (χ3v) is 2.03. The molecule has 1 aromatic heterocycles. The first-order valence-electron chi connectivity index (χ1n) is 5.64. The summed E-state index contributed by atoms with van der Waals surface area (Å²) in [4.78, 5) is 21.8. The first-order chi connectivity index (χ1) is 9.11. The lowest BCUT2D eigenvalue weighted by atomic mass is 10.4. The molecule has 0 fully saturated rings. The van der Waals surface area contributed by atoms with Crippen LogP contribution in [0.15, 0.2) is 6.20 Å². The van der Waals surface area contributed by atoms with Crippen LogP contribution in [0.3, 0.4) is 0 Å². The van der Waals surface area contributed by atoms with Crippen LogP contribution in [-0.4, -0.2) is 38.6 Å². The Labute approximate surface area is 110 Å². The largest absolute Gasteiger partial charge is 0.480 e. The minimum atomic E-state index is -1.00. The molecule has 0 atom stereocenters. The fourth-order valence-electron chi connectivity index (χ4n) is 1.23. The van der Waals surface area contributed by atoms with Gasteiger partial charge in [0.1, 0.15) is 12.2 Å². The molecule has 0 radical (unpaired) electrons. The molecule has 1 rings (SSSR count). The van der Waals surface area contributed by atoms with Gasteiger partial charge in [-0.1, -0.05) is 5.21 Å². The summed E-state index contributed by atoms with van der Waals surface area (Å²) < 4.78 is 1.19. The Balaban J connectivity index is 2.27. The molecule has 1 heterocycles. The van der Waals surface area contributed by atoms with Gasteiger partial charge >= 0.3 is 12.0 Å². The van der Waals surface area contributed by atoms with E-state index in [-0.39, 0.29) is 19.1 Å². The number of aliphatic carboxylic acids is 1. The standard InChI is InChI=1S/C11H15N5O3/c1-2-3-4-5-12-11(19)13-6-9-7-16(15-14-9)8-10(17)18/h7H,4-6,8H2,1H3,(H,17,18)(H2,12,13,19). The van der Waals surface area contributed by atoms with E-state index in [4.69, 9.17) is 5.11 Å². The van der Waals surface area contributed by atoms with Gasteiger partial charge in [0.05, 0.1) is 12.7 Å². The topological polar surface area (TPSA) is 109 Å². The lowest BCUT2D eigenvalue weighted by Crippen LogP contribution is -2.35. The molecule has 8 nitrogen and oxygen atoms in total. The van der Waals surface area contributed by atoms with Crippen LogP contribution < -0.4 is 10.6 Å². The van der Waals surface area contributed by atoms with Gasteiger partial charge in [-0.25, -0.2) is 9.48 Å². The van der Waals surface area contributed by atoms with Crippen molar-refractivity contribution in [1.29, 1.82) is 0 Å². The smallest absolute Gasteiger partial charge is 0.325 e. The number of urea groups is 1. The summed E-state index contributed by atoms with van der Waals surface area (Å²) in [5.74, 6) is 4.55. The van der Waals surface area contributed by atoms with E-state index in [0.717, 1.165) is 0 Å². The summed E-state index contributed by atoms with van der Waals surface area (Å²) in [7, 11) is 0. The van der Waals surface area contributed by atoms with Crippen LogP contribution in [0.1, 0.15) is 19.0 Å². The second kappa shape index (κ2) is 7.71. The molecule has 19 heavy (non-hydrogen) atoms. The zero-order chi connectivity index (χ0) is 14.1. The predicted molar refractivity (Wildman–Crippen MR) is 66.0 cm³/mol. The number of nitrogens with one attached hydrogen (secondary N) is 2. The summed E-state index contributed by atoms with van der Waals surface area (Å²) >= 11 is 0. The number of carboxylic acid groups (broad SMARTS) is 1. The highest BCUT2D eigenvalue weighted by Gasteiger charge is 2.05. The van der Waals surface area contributed by atoms with E-state index in [0.29, 0.717) is 18.7 Å². The van der Waals surface area contributed by atoms with Crippen LogP contribution in [0.25, 0.3) is 0 Å². The number of carbonyl (C=O) groups excluding carboxylic acids is 1. The number of rotatable bonds is 6. The van der Waals surface area contributed by atoms with Gasteiger partial charge in [0, 0.05) is 13.0 Å². The molecule has 8 heteroatoms. The van der Waals surface area contributed by atoms with E-state index in [1.165, 1.54) is 10.9 Å². The van der Waals surface area contributed by atoms with E-state index in [9.17, 15) is 9.59 Å². The number of amides is 2. The zero-order valence-corrected chi connectivity index (χ0v) is 10.5. The van der Waals surface area contributed by atoms with Crippen molar-refractivity contribution in [3.63, 3.8) is 0 Å². The van der Waals surface area contributed by atoms with Gasteiger partial charge in [-0.2, -0.15) is 0 Å². The molecule has 2 amide bonds. The lowest BCUT2D eigenvalue weighted by molar-refractivity contribution is -0.137. The fraction of sp³-hybridized carbons (Fsp3) is 0.455. The van der Waals surface area contributed by atoms with Crippen molar-refractivity contribution in [3.05, 3.63) is 11.9 Å². The van der Waals surface area contributed by atoms with E-state index < -0.39 is 5.97 Å². The Kier molecular flexibility index (Phi) is 5.88. The maximum Gasteiger partial charge on any atom is 0.325 e. The zero-order valence-electron chi connectivity index (χ0n) is 10.5. The molecule has 102 valence electrons. The van der Waals surface area contributed by atoms with E-state index >= 15 is 0 Å². The highest BCUT2D eigenvalue weighted by molar-refractivity contribution is 5.73. The number of hydrogen-bond acceptors (Lipinski definition) is 4. The van der Waals surface area contributed by atoms with Gasteiger partial charge in [0.25, 0.3) is 0 Å². The minimum Gasteiger partial charge on any atom is -0.480 e. The summed E-state index contributed by atoms with van der Waals surface area (Å²) in [6, 6.07) is -0.328. The van der Waals surface area contributed by atoms with Crippen LogP contribution in [0.2, 0.25) is 0 Å². The van der Waals surface area contributed by atoms with Crippen molar-refractivity contribution < 1.29 is 14.7 Å². The van der Waals surface area contributed by atoms with Crippen molar-refractivity contribution >= 4 is 12.0 Å². The van der Waals surface area contributed by atoms with Gasteiger partial charge in [0.2, 0.25) is 0 Å². The summed E-state index contributed by atoms with van der Waals surface area (Å²) in [6.07, 6.45) is 2.07. The average Bonchev–Trinajstić information content (AvgIpc) is 2.79. The molecular formula is C11H15N5O3. The molecule has 3 N–H and O–H groups in total. The molecule has 0 aliphatic carbocycles. The van der Waals surface area contributed by atoms with Crippen LogP contribution in [-0.2, 0) is 17.9 Å². The van der Waals surface area contributed by atoms with Gasteiger partial charge in [0.15, 0.2) is 0 Å². The Morgan fingerprint density at radius 1 is 1.47 bits per heavy atom. The Morgan fingerprint density at radius 3 is 2.95 bits per heavy atom. The third kappa shape index (κ3) is 6.07. The quantitative estimate of drug-likeness (QED) is 0.478. The maximum atomic E-state index is 11.3. The van der Waals surface area contributed by atoms with Crippen LogP contribution >= 0.6 is 0 Å². The SMILES string of the molecule is CC#CCCNC(=O)NCc1cn(CC(=O)O)nn1. The van der Waals surface area contributed by atoms with E-state index in [1.807, 2.05) is 0 Å². The molecule has 0 saturated heterocycles. The lowest BCUT2D eigenvalue weighted by Gasteiger charge is -2.03. The van der Waals surface area contributed by atoms with Crippen LogP contribution in [0.4, 0.5) is 4.79 Å². The van der Waals surface area contributed by atoms with Crippen molar-refractivity contribution in [1.82, 2.24) is 25.6 Å². The molecular weight excluding hydrogens is 250 g/mol. The molecule has 0 saturated carbocycles. The molecule has 0 aliphatic heterocycles. The van der Waals surface area contributed by atoms with Gasteiger partial charge in [-0.15, -0.1) is 16.9 Å². The highest BCUT2D eigenvalue weighted by Crippen LogP contribution is 1.92. The fourth-order valence-corrected chi connectivity index (χ4v) is 1.23. The molecule has 0 unspecified atom stereocenters. The monoisotopic (exact) mass is 265 g/mol. The first kappa shape index (κ1) is 14.5. The van der Waals surface area contributed by atoms with Crippen molar-refractivity contribution in [2.24, 2.45) is 0 Å². The predicted octanol–water partition coefficient (Wildman–Crippen LogP) is -0.425. The normalized spacial score (nSPS) is 9.32. The van der Waals surface area contributed by atoms with Crippen molar-refractivity contribution in [3.8, 4) is 11.8 Å². The molecule has 1 aromatic rings. The second-order valence-electron chi connectivity index (χ2n) is 3.59. The van der Waals surface area contributed by atoms with Gasteiger partial charge in [-0.05, 0) is 6.92 Å².